The Labute approximate surface area is 530 Å². The van der Waals surface area contributed by atoms with Gasteiger partial charge in [-0.15, -0.1) is 0 Å². The summed E-state index contributed by atoms with van der Waals surface area (Å²) in [6.45, 7) is 3.08. The summed E-state index contributed by atoms with van der Waals surface area (Å²) in [5, 5.41) is 52.9. The lowest BCUT2D eigenvalue weighted by Crippen LogP contribution is -2.61. The summed E-state index contributed by atoms with van der Waals surface area (Å²) in [7, 11) is 0. The van der Waals surface area contributed by atoms with Crippen molar-refractivity contribution < 1.29 is 72.9 Å². The molecule has 1 aromatic heterocycles. The van der Waals surface area contributed by atoms with Crippen molar-refractivity contribution in [1.29, 1.82) is 0 Å². The minimum absolute atomic E-state index is 0.0344. The third-order valence-electron chi connectivity index (χ3n) is 14.9. The number of H-pyrrole nitrogens is 1. The van der Waals surface area contributed by atoms with E-state index in [0.717, 1.165) is 0 Å². The fourth-order valence-corrected chi connectivity index (χ4v) is 10.1. The number of thiol groups is 2. The molecule has 4 rings (SSSR count). The molecule has 0 spiro atoms. The van der Waals surface area contributed by atoms with E-state index in [9.17, 15) is 72.9 Å². The molecule has 494 valence electrons. The van der Waals surface area contributed by atoms with Crippen molar-refractivity contribution in [2.75, 3.05) is 37.8 Å². The lowest BCUT2D eigenvalue weighted by Gasteiger charge is -2.29. The van der Waals surface area contributed by atoms with Gasteiger partial charge in [-0.05, 0) is 62.1 Å². The first-order valence-corrected chi connectivity index (χ1v) is 30.4. The molecule has 2 aromatic carbocycles. The van der Waals surface area contributed by atoms with Crippen molar-refractivity contribution in [3.05, 3.63) is 71.9 Å². The number of carbonyl (C=O) groups is 12. The molecule has 1 fully saturated rings. The second-order valence-electron chi connectivity index (χ2n) is 21.6. The second kappa shape index (κ2) is 36.8. The highest BCUT2D eigenvalue weighted by Gasteiger charge is 2.39. The maximum absolute atomic E-state index is 14.6. The van der Waals surface area contributed by atoms with Crippen molar-refractivity contribution in [2.45, 2.75) is 145 Å². The lowest BCUT2D eigenvalue weighted by molar-refractivity contribution is -0.141. The van der Waals surface area contributed by atoms with Crippen LogP contribution in [0.2, 0.25) is 0 Å². The van der Waals surface area contributed by atoms with Gasteiger partial charge in [0.1, 0.15) is 66.5 Å². The maximum Gasteiger partial charge on any atom is 0.303 e. The van der Waals surface area contributed by atoms with Gasteiger partial charge in [-0.25, -0.2) is 0 Å². The van der Waals surface area contributed by atoms with Crippen LogP contribution in [0, 0.1) is 5.92 Å². The number of rotatable bonds is 37. The molecule has 1 aliphatic heterocycles. The van der Waals surface area contributed by atoms with Crippen LogP contribution in [0.4, 0.5) is 0 Å². The predicted octanol–water partition coefficient (Wildman–Crippen LogP) is -5.05. The number of nitrogens with zero attached hydrogens (tertiary/aromatic N) is 2. The summed E-state index contributed by atoms with van der Waals surface area (Å²) in [5.41, 5.74) is 24.0. The van der Waals surface area contributed by atoms with Crippen LogP contribution in [0.1, 0.15) is 76.8 Å². The summed E-state index contributed by atoms with van der Waals surface area (Å²) in [6, 6.07) is -0.0656. The van der Waals surface area contributed by atoms with Gasteiger partial charge >= 0.3 is 5.97 Å². The van der Waals surface area contributed by atoms with Gasteiger partial charge in [-0.3, -0.25) is 62.5 Å². The number of aliphatic hydroxyl groups excluding tert-OH is 2. The highest BCUT2D eigenvalue weighted by Crippen LogP contribution is 2.21. The number of aliphatic carboxylic acids is 1. The van der Waals surface area contributed by atoms with E-state index in [0.29, 0.717) is 28.5 Å². The van der Waals surface area contributed by atoms with Gasteiger partial charge in [0.15, 0.2) is 5.96 Å². The van der Waals surface area contributed by atoms with Crippen molar-refractivity contribution in [3.63, 3.8) is 0 Å². The molecule has 1 aliphatic rings. The largest absolute Gasteiger partial charge is 0.481 e. The van der Waals surface area contributed by atoms with Gasteiger partial charge in [-0.2, -0.15) is 25.3 Å². The molecule has 0 aliphatic carbocycles. The minimum atomic E-state index is -1.68. The molecule has 11 amide bonds. The number of hydrogen-bond donors (Lipinski definition) is 19. The van der Waals surface area contributed by atoms with Crippen LogP contribution in [0.5, 0.6) is 0 Å². The number of fused-ring (bicyclic) bond motifs is 1. The third-order valence-corrected chi connectivity index (χ3v) is 15.6. The topological polar surface area (TPSA) is 509 Å². The zero-order valence-electron chi connectivity index (χ0n) is 50.1. The molecule has 2 heterocycles. The van der Waals surface area contributed by atoms with Crippen LogP contribution in [-0.2, 0) is 70.4 Å². The summed E-state index contributed by atoms with van der Waals surface area (Å²) in [4.78, 5) is 171. The number of aromatic nitrogens is 1. The van der Waals surface area contributed by atoms with Crippen LogP contribution in [0.3, 0.4) is 0 Å². The van der Waals surface area contributed by atoms with Crippen molar-refractivity contribution in [2.24, 2.45) is 33.8 Å². The van der Waals surface area contributed by atoms with E-state index >= 15 is 0 Å². The van der Waals surface area contributed by atoms with Gasteiger partial charge < -0.3 is 96.0 Å². The maximum atomic E-state index is 14.6. The molecular formula is C57H84N16O15S2. The van der Waals surface area contributed by atoms with Crippen molar-refractivity contribution >= 4 is 113 Å². The summed E-state index contributed by atoms with van der Waals surface area (Å²) in [6.07, 6.45) is 0.825. The van der Waals surface area contributed by atoms with Gasteiger partial charge in [0, 0.05) is 61.0 Å². The number of aromatic amines is 1. The summed E-state index contributed by atoms with van der Waals surface area (Å²) >= 11 is 8.28. The summed E-state index contributed by atoms with van der Waals surface area (Å²) in [5.74, 6) is -12.7. The Hall–Kier alpha value is -8.53. The molecule has 0 unspecified atom stereocenters. The van der Waals surface area contributed by atoms with E-state index in [1.165, 1.54) is 11.8 Å². The van der Waals surface area contributed by atoms with Gasteiger partial charge in [0.25, 0.3) is 0 Å². The number of carboxylic acid groups (broad SMARTS) is 1. The first-order chi connectivity index (χ1) is 42.8. The third kappa shape index (κ3) is 22.5. The number of likely N-dealkylation sites (tertiary alicyclic amines) is 1. The van der Waals surface area contributed by atoms with Gasteiger partial charge in [-0.1, -0.05) is 68.8 Å². The standard InChI is InChI=1S/C57H84N16O15S2/c1-4-29(2)45(55(87)69-40(26-75)52(84)67-38(22-31-12-6-5-7-13-31)51(83)70-41(27-89)46(59)78)72-47(79)30(3)64-50(82)39(23-32-24-63-35-15-9-8-14-33(32)35)68-48(80)36(16-10-20-62-57(60)61)65-49(81)37(18-19-44(76)77)66-53(85)42(28-90)71-54(86)43-17-11-21-73(43)56(88)34(58)25-74/h5-9,12-15,24,29-30,34,36-43,45,63,74-75,89-90H,4,10-11,16-23,25-28,58H2,1-3H3,(H2,59,78)(H,64,82)(H,65,81)(H,66,85)(H,67,84)(H,68,80)(H,69,87)(H,70,83)(H,71,86)(H,72,79)(H,76,77)(H4,60,61,62)/t29-,30-,34-,36-,37-,38-,39-,40-,41-,42-,43-,45-/m0/s1. The Morgan fingerprint density at radius 1 is 0.644 bits per heavy atom. The molecule has 0 radical (unpaired) electrons. The number of aliphatic imine (C=N–C) groups is 1. The average Bonchev–Trinajstić information content (AvgIpc) is 2.13. The number of benzene rings is 2. The number of nitrogens with two attached hydrogens (primary N) is 4. The molecule has 0 bridgehead atoms. The van der Waals surface area contributed by atoms with Gasteiger partial charge in [0.2, 0.25) is 65.0 Å². The van der Waals surface area contributed by atoms with Crippen LogP contribution in [0.15, 0.2) is 65.8 Å². The van der Waals surface area contributed by atoms with E-state index in [1.54, 1.807) is 74.6 Å². The number of para-hydroxylation sites is 1. The first-order valence-electron chi connectivity index (χ1n) is 29.2. The van der Waals surface area contributed by atoms with Crippen molar-refractivity contribution in [1.82, 2.24) is 57.7 Å². The number of guanidine groups is 1. The zero-order chi connectivity index (χ0) is 66.8. The SMILES string of the molecule is CC[C@H](C)[C@H](NC(=O)[C@H](C)NC(=O)[C@H](Cc1c[nH]c2ccccc12)NC(=O)[C@H](CCCN=C(N)N)NC(=O)[C@H](CCC(=O)O)NC(=O)[C@H](CS)NC(=O)[C@@H]1CCCN1C(=O)[C@@H](N)CO)C(=O)N[C@@H](CO)C(=O)N[C@@H](Cc1ccccc1)C(=O)N[C@@H](CS)C(N)=O. The van der Waals surface area contributed by atoms with Crippen LogP contribution in [0.25, 0.3) is 10.9 Å². The van der Waals surface area contributed by atoms with Crippen molar-refractivity contribution in [3.8, 4) is 0 Å². The Morgan fingerprint density at radius 2 is 1.19 bits per heavy atom. The van der Waals surface area contributed by atoms with Crippen LogP contribution < -0.4 is 70.8 Å². The smallest absolute Gasteiger partial charge is 0.303 e. The normalized spacial score (nSPS) is 16.5. The predicted molar refractivity (Wildman–Crippen MR) is 335 cm³/mol. The number of carboxylic acids is 1. The molecule has 3 aromatic rings. The molecule has 0 saturated carbocycles. The molecule has 31 nitrogen and oxygen atoms in total. The molecular weight excluding hydrogens is 1210 g/mol. The minimum Gasteiger partial charge on any atom is -0.481 e. The number of hydrogen-bond acceptors (Lipinski definition) is 18. The van der Waals surface area contributed by atoms with Gasteiger partial charge in [0.05, 0.1) is 13.2 Å². The number of amides is 11. The van der Waals surface area contributed by atoms with E-state index in [-0.39, 0.29) is 69.1 Å². The second-order valence-corrected chi connectivity index (χ2v) is 22.3. The Bertz CT molecular complexity index is 3030. The lowest BCUT2D eigenvalue weighted by atomic mass is 9.97. The quantitative estimate of drug-likeness (QED) is 0.0111. The molecule has 21 N–H and O–H groups in total. The average molecular weight is 1300 g/mol. The van der Waals surface area contributed by atoms with E-state index in [1.807, 2.05) is 0 Å². The number of primary amides is 1. The molecule has 33 heteroatoms. The first kappa shape index (κ1) is 73.9. The highest BCUT2D eigenvalue weighted by atomic mass is 32.1. The molecule has 90 heavy (non-hydrogen) atoms. The number of nitrogens with one attached hydrogen (secondary N) is 10. The highest BCUT2D eigenvalue weighted by molar-refractivity contribution is 7.80. The number of aliphatic hydroxyl groups is 2. The van der Waals surface area contributed by atoms with E-state index in [2.05, 4.69) is 83.1 Å². The Balaban J connectivity index is 1.58. The Morgan fingerprint density at radius 3 is 1.78 bits per heavy atom. The summed E-state index contributed by atoms with van der Waals surface area (Å²) < 4.78 is 0. The van der Waals surface area contributed by atoms with E-state index in [4.69, 9.17) is 22.9 Å². The fraction of sp³-hybridized carbons (Fsp3) is 0.526. The van der Waals surface area contributed by atoms with Crippen LogP contribution >= 0.6 is 25.3 Å². The molecule has 12 atom stereocenters. The van der Waals surface area contributed by atoms with Crippen LogP contribution in [-0.4, -0.2) is 206 Å². The molecule has 1 saturated heterocycles. The van der Waals surface area contributed by atoms with E-state index < -0.39 is 169 Å². The monoisotopic (exact) mass is 1300 g/mol. The zero-order valence-corrected chi connectivity index (χ0v) is 51.9. The fourth-order valence-electron chi connectivity index (χ4n) is 9.54. The number of carbonyl (C=O) groups excluding carboxylic acids is 11. The Kier molecular flexibility index (Phi) is 30.3.